The van der Waals surface area contributed by atoms with Crippen LogP contribution in [-0.2, 0) is 4.79 Å². The van der Waals surface area contributed by atoms with Crippen molar-refractivity contribution in [3.63, 3.8) is 0 Å². The first-order valence-corrected chi connectivity index (χ1v) is 10.8. The maximum Gasteiger partial charge on any atom is 0.166 e. The van der Waals surface area contributed by atoms with Gasteiger partial charge in [-0.15, -0.1) is 0 Å². The predicted octanol–water partition coefficient (Wildman–Crippen LogP) is 2.93. The van der Waals surface area contributed by atoms with Gasteiger partial charge in [-0.3, -0.25) is 9.69 Å². The third-order valence-electron chi connectivity index (χ3n) is 5.43. The van der Waals surface area contributed by atoms with Crippen LogP contribution < -0.4 is 4.90 Å². The third kappa shape index (κ3) is 4.42. The molecule has 0 bridgehead atoms. The molecule has 2 fully saturated rings. The number of nitrogens with one attached hydrogen (secondary N) is 1. The molecule has 1 saturated heterocycles. The topological polar surface area (TPSA) is 72.5 Å². The van der Waals surface area contributed by atoms with E-state index in [0.717, 1.165) is 72.5 Å². The van der Waals surface area contributed by atoms with Gasteiger partial charge in [0.2, 0.25) is 0 Å². The van der Waals surface area contributed by atoms with Crippen LogP contribution in [0.25, 0.3) is 11.0 Å². The van der Waals surface area contributed by atoms with Crippen molar-refractivity contribution in [1.29, 1.82) is 0 Å². The summed E-state index contributed by atoms with van der Waals surface area (Å²) in [5.41, 5.74) is 2.91. The van der Waals surface area contributed by atoms with Crippen molar-refractivity contribution in [2.75, 3.05) is 44.2 Å². The van der Waals surface area contributed by atoms with E-state index in [-0.39, 0.29) is 6.61 Å². The smallest absolute Gasteiger partial charge is 0.166 e. The quantitative estimate of drug-likeness (QED) is 0.792. The number of hydrogen-bond acceptors (Lipinski definition) is 6. The van der Waals surface area contributed by atoms with Crippen LogP contribution in [0.4, 0.5) is 5.69 Å². The minimum absolute atomic E-state index is 0.204. The van der Waals surface area contributed by atoms with Gasteiger partial charge in [0, 0.05) is 50.8 Å². The van der Waals surface area contributed by atoms with Crippen molar-refractivity contribution in [3.05, 3.63) is 17.2 Å². The normalized spacial score (nSPS) is 19.9. The first-order valence-electron chi connectivity index (χ1n) is 9.58. The molecule has 6 nitrogen and oxygen atoms in total. The number of anilines is 1. The van der Waals surface area contributed by atoms with E-state index in [2.05, 4.69) is 20.9 Å². The molecule has 0 unspecified atom stereocenters. The predicted molar refractivity (Wildman–Crippen MR) is 110 cm³/mol. The van der Waals surface area contributed by atoms with E-state index < -0.39 is 0 Å². The Labute approximate surface area is 168 Å². The number of rotatable bonds is 5. The van der Waals surface area contributed by atoms with Gasteiger partial charge in [-0.25, -0.2) is 4.98 Å². The number of benzene rings is 1. The van der Waals surface area contributed by atoms with Crippen LogP contribution >= 0.6 is 23.4 Å². The number of aliphatic hydroxyl groups excluding tert-OH is 1. The Bertz CT molecular complexity index is 809. The number of carbonyl (C=O) groups is 1. The fourth-order valence-corrected chi connectivity index (χ4v) is 5.23. The summed E-state index contributed by atoms with van der Waals surface area (Å²) in [6, 6.07) is 4.04. The Morgan fingerprint density at radius 2 is 1.96 bits per heavy atom. The second-order valence-corrected chi connectivity index (χ2v) is 8.97. The molecule has 27 heavy (non-hydrogen) atoms. The van der Waals surface area contributed by atoms with Crippen LogP contribution in [0.1, 0.15) is 25.7 Å². The zero-order chi connectivity index (χ0) is 18.8. The number of fused-ring (bicyclic) bond motifs is 1. The molecule has 1 aliphatic carbocycles. The number of nitrogens with zero attached hydrogens (tertiary/aromatic N) is 3. The number of aromatic amines is 1. The SMILES string of the molecule is O=C1CCC(Sc2nc3cc(N4CCN(CCO)CC4)c(Cl)cc3[nH]2)CC1. The lowest BCUT2D eigenvalue weighted by atomic mass is 9.99. The van der Waals surface area contributed by atoms with Crippen molar-refractivity contribution in [3.8, 4) is 0 Å². The minimum Gasteiger partial charge on any atom is -0.395 e. The van der Waals surface area contributed by atoms with Gasteiger partial charge in [0.25, 0.3) is 0 Å². The number of aromatic nitrogens is 2. The molecular formula is C19H25ClN4O2S. The minimum atomic E-state index is 0.204. The van der Waals surface area contributed by atoms with Gasteiger partial charge >= 0.3 is 0 Å². The summed E-state index contributed by atoms with van der Waals surface area (Å²) >= 11 is 8.30. The molecule has 1 aromatic carbocycles. The van der Waals surface area contributed by atoms with Crippen molar-refractivity contribution < 1.29 is 9.90 Å². The Morgan fingerprint density at radius 3 is 2.67 bits per heavy atom. The number of thioether (sulfide) groups is 1. The average Bonchev–Trinajstić information content (AvgIpc) is 3.05. The molecule has 0 spiro atoms. The van der Waals surface area contributed by atoms with Gasteiger partial charge in [0.15, 0.2) is 5.16 Å². The second kappa shape index (κ2) is 8.39. The van der Waals surface area contributed by atoms with Gasteiger partial charge in [0.1, 0.15) is 5.78 Å². The number of imidazole rings is 1. The fraction of sp³-hybridized carbons (Fsp3) is 0.579. The summed E-state index contributed by atoms with van der Waals surface area (Å²) in [4.78, 5) is 24.1. The fourth-order valence-electron chi connectivity index (χ4n) is 3.84. The van der Waals surface area contributed by atoms with E-state index >= 15 is 0 Å². The van der Waals surface area contributed by atoms with Crippen LogP contribution in [0.3, 0.4) is 0 Å². The molecule has 2 heterocycles. The van der Waals surface area contributed by atoms with Gasteiger partial charge in [-0.1, -0.05) is 23.4 Å². The van der Waals surface area contributed by atoms with E-state index in [9.17, 15) is 4.79 Å². The lowest BCUT2D eigenvalue weighted by Gasteiger charge is -2.36. The van der Waals surface area contributed by atoms with Crippen LogP contribution in [0, 0.1) is 0 Å². The molecule has 1 aromatic heterocycles. The maximum absolute atomic E-state index is 11.4. The average molecular weight is 409 g/mol. The summed E-state index contributed by atoms with van der Waals surface area (Å²) in [7, 11) is 0. The third-order valence-corrected chi connectivity index (χ3v) is 6.95. The zero-order valence-electron chi connectivity index (χ0n) is 15.3. The highest BCUT2D eigenvalue weighted by Crippen LogP contribution is 2.35. The number of halogens is 1. The maximum atomic E-state index is 11.4. The number of ketones is 1. The molecule has 0 atom stereocenters. The molecule has 8 heteroatoms. The Morgan fingerprint density at radius 1 is 1.22 bits per heavy atom. The molecule has 0 radical (unpaired) electrons. The van der Waals surface area contributed by atoms with Crippen LogP contribution in [0.2, 0.25) is 5.02 Å². The molecule has 1 saturated carbocycles. The van der Waals surface area contributed by atoms with Crippen molar-refractivity contribution in [1.82, 2.24) is 14.9 Å². The zero-order valence-corrected chi connectivity index (χ0v) is 16.9. The van der Waals surface area contributed by atoms with Crippen molar-refractivity contribution in [2.24, 2.45) is 0 Å². The van der Waals surface area contributed by atoms with Crippen molar-refractivity contribution >= 4 is 45.9 Å². The molecule has 0 amide bonds. The lowest BCUT2D eigenvalue weighted by molar-refractivity contribution is -0.120. The summed E-state index contributed by atoms with van der Waals surface area (Å²) < 4.78 is 0. The highest BCUT2D eigenvalue weighted by Gasteiger charge is 2.22. The standard InChI is InChI=1S/C19H25ClN4O2S/c20-15-11-16-17(12-18(15)24-7-5-23(6-8-24)9-10-25)22-19(21-16)27-14-3-1-13(26)2-4-14/h11-12,14,25H,1-10H2,(H,21,22). The number of Topliss-reactive ketones (excluding diaryl/α,β-unsaturated/α-hetero) is 1. The number of H-pyrrole nitrogens is 1. The summed E-state index contributed by atoms with van der Waals surface area (Å²) in [5.74, 6) is 0.381. The highest BCUT2D eigenvalue weighted by molar-refractivity contribution is 7.99. The Kier molecular flexibility index (Phi) is 5.92. The molecular weight excluding hydrogens is 384 g/mol. The first-order chi connectivity index (χ1) is 13.1. The number of aliphatic hydroxyl groups is 1. The van der Waals surface area contributed by atoms with E-state index in [0.29, 0.717) is 23.9 Å². The summed E-state index contributed by atoms with van der Waals surface area (Å²) in [5, 5.41) is 11.2. The molecule has 1 aliphatic heterocycles. The second-order valence-electron chi connectivity index (χ2n) is 7.27. The van der Waals surface area contributed by atoms with E-state index in [4.69, 9.17) is 21.7 Å². The van der Waals surface area contributed by atoms with E-state index in [1.165, 1.54) is 0 Å². The molecule has 2 aliphatic rings. The molecule has 146 valence electrons. The van der Waals surface area contributed by atoms with E-state index in [1.807, 2.05) is 6.07 Å². The van der Waals surface area contributed by atoms with Crippen molar-refractivity contribution in [2.45, 2.75) is 36.1 Å². The molecule has 2 aromatic rings. The monoisotopic (exact) mass is 408 g/mol. The van der Waals surface area contributed by atoms with Gasteiger partial charge in [-0.05, 0) is 25.0 Å². The number of β-amino-alcohol motifs (C(OH)–C–C–N with tert-alkyl or cyclic N) is 1. The van der Waals surface area contributed by atoms with Gasteiger partial charge in [0.05, 0.1) is 28.4 Å². The largest absolute Gasteiger partial charge is 0.395 e. The van der Waals surface area contributed by atoms with Gasteiger partial charge in [-0.2, -0.15) is 0 Å². The lowest BCUT2D eigenvalue weighted by Crippen LogP contribution is -2.47. The summed E-state index contributed by atoms with van der Waals surface area (Å²) in [6.45, 7) is 4.58. The highest BCUT2D eigenvalue weighted by atomic mass is 35.5. The van der Waals surface area contributed by atoms with E-state index in [1.54, 1.807) is 11.8 Å². The summed E-state index contributed by atoms with van der Waals surface area (Å²) in [6.07, 6.45) is 3.25. The first kappa shape index (κ1) is 19.1. The Hall–Kier alpha value is -1.28. The van der Waals surface area contributed by atoms with Crippen LogP contribution in [-0.4, -0.2) is 70.3 Å². The van der Waals surface area contributed by atoms with Gasteiger partial charge < -0.3 is 15.0 Å². The van der Waals surface area contributed by atoms with Crippen LogP contribution in [0.15, 0.2) is 17.3 Å². The molecule has 4 rings (SSSR count). The van der Waals surface area contributed by atoms with Crippen LogP contribution in [0.5, 0.6) is 0 Å². The number of carbonyl (C=O) groups excluding carboxylic acids is 1. The Balaban J connectivity index is 1.47. The molecule has 2 N–H and O–H groups in total. The number of piperazine rings is 1. The number of hydrogen-bond donors (Lipinski definition) is 2.